The highest BCUT2D eigenvalue weighted by Gasteiger charge is 2.18. The summed E-state index contributed by atoms with van der Waals surface area (Å²) in [5, 5.41) is 8.99. The monoisotopic (exact) mass is 204 g/mol. The smallest absolute Gasteiger partial charge is 0.120 e. The molecule has 80 valence electrons. The second-order valence-electron chi connectivity index (χ2n) is 3.92. The van der Waals surface area contributed by atoms with Gasteiger partial charge in [0, 0.05) is 18.8 Å². The minimum atomic E-state index is 0.301. The third-order valence-corrected chi connectivity index (χ3v) is 2.96. The molecule has 1 aromatic rings. The zero-order chi connectivity index (χ0) is 10.7. The van der Waals surface area contributed by atoms with Gasteiger partial charge in [-0.1, -0.05) is 6.92 Å². The summed E-state index contributed by atoms with van der Waals surface area (Å²) in [6.07, 6.45) is 3.53. The molecule has 0 amide bonds. The summed E-state index contributed by atoms with van der Waals surface area (Å²) in [5.74, 6) is 0. The first kappa shape index (κ1) is 10.3. The Balaban J connectivity index is 2.17. The topological polar surface area (TPSA) is 38.0 Å². The van der Waals surface area contributed by atoms with Crippen LogP contribution in [0, 0.1) is 11.3 Å². The van der Waals surface area contributed by atoms with Crippen LogP contribution < -0.4 is 0 Å². The molecule has 0 aromatic carbocycles. The van der Waals surface area contributed by atoms with Gasteiger partial charge >= 0.3 is 0 Å². The van der Waals surface area contributed by atoms with Crippen molar-refractivity contribution < 1.29 is 4.74 Å². The molecule has 0 spiro atoms. The van der Waals surface area contributed by atoms with Gasteiger partial charge in [0.25, 0.3) is 0 Å². The fourth-order valence-corrected chi connectivity index (χ4v) is 2.12. The molecule has 1 fully saturated rings. The Morgan fingerprint density at radius 3 is 3.07 bits per heavy atom. The van der Waals surface area contributed by atoms with Crippen molar-refractivity contribution in [2.24, 2.45) is 0 Å². The molecule has 1 aliphatic heterocycles. The molecule has 0 N–H and O–H groups in total. The van der Waals surface area contributed by atoms with Crippen LogP contribution in [0.15, 0.2) is 12.1 Å². The minimum absolute atomic E-state index is 0.301. The lowest BCUT2D eigenvalue weighted by molar-refractivity contribution is 0.0963. The number of hydrogen-bond donors (Lipinski definition) is 0. The van der Waals surface area contributed by atoms with Gasteiger partial charge in [-0.3, -0.25) is 0 Å². The van der Waals surface area contributed by atoms with E-state index in [1.165, 1.54) is 5.69 Å². The Kier molecular flexibility index (Phi) is 3.08. The summed E-state index contributed by atoms with van der Waals surface area (Å²) in [6, 6.07) is 6.16. The molecule has 0 saturated carbocycles. The van der Waals surface area contributed by atoms with Crippen LogP contribution in [-0.2, 0) is 17.7 Å². The van der Waals surface area contributed by atoms with E-state index in [4.69, 9.17) is 10.00 Å². The maximum Gasteiger partial charge on any atom is 0.120 e. The molecular formula is C12H16N2O. The standard InChI is InChI=1S/C12H16N2O/c1-2-10-5-6-11(8-13)14(10)9-12-4-3-7-15-12/h5-6,12H,2-4,7,9H2,1H3/t12-/m0/s1. The van der Waals surface area contributed by atoms with Crippen molar-refractivity contribution in [1.82, 2.24) is 4.57 Å². The summed E-state index contributed by atoms with van der Waals surface area (Å²) in [6.45, 7) is 3.82. The Bertz CT molecular complexity index is 369. The fourth-order valence-electron chi connectivity index (χ4n) is 2.12. The van der Waals surface area contributed by atoms with E-state index in [0.717, 1.165) is 38.1 Å². The van der Waals surface area contributed by atoms with Crippen molar-refractivity contribution in [3.05, 3.63) is 23.5 Å². The van der Waals surface area contributed by atoms with E-state index < -0.39 is 0 Å². The number of rotatable bonds is 3. The van der Waals surface area contributed by atoms with Gasteiger partial charge in [0.2, 0.25) is 0 Å². The van der Waals surface area contributed by atoms with Gasteiger partial charge in [-0.15, -0.1) is 0 Å². The van der Waals surface area contributed by atoms with Crippen molar-refractivity contribution in [3.8, 4) is 6.07 Å². The zero-order valence-corrected chi connectivity index (χ0v) is 9.07. The quantitative estimate of drug-likeness (QED) is 0.756. The predicted molar refractivity (Wildman–Crippen MR) is 57.5 cm³/mol. The zero-order valence-electron chi connectivity index (χ0n) is 9.07. The van der Waals surface area contributed by atoms with E-state index in [1.807, 2.05) is 12.1 Å². The molecule has 1 atom stereocenters. The average molecular weight is 204 g/mol. The molecule has 1 saturated heterocycles. The molecule has 0 aliphatic carbocycles. The molecule has 0 radical (unpaired) electrons. The van der Waals surface area contributed by atoms with Gasteiger partial charge in [0.1, 0.15) is 11.8 Å². The number of hydrogen-bond acceptors (Lipinski definition) is 2. The van der Waals surface area contributed by atoms with Crippen molar-refractivity contribution in [3.63, 3.8) is 0 Å². The number of nitriles is 1. The lowest BCUT2D eigenvalue weighted by atomic mass is 10.2. The lowest BCUT2D eigenvalue weighted by Crippen LogP contribution is -2.17. The second kappa shape index (κ2) is 4.50. The first-order chi connectivity index (χ1) is 7.35. The van der Waals surface area contributed by atoms with Crippen LogP contribution >= 0.6 is 0 Å². The number of aromatic nitrogens is 1. The number of aryl methyl sites for hydroxylation is 1. The SMILES string of the molecule is CCc1ccc(C#N)n1C[C@@H]1CCCO1. The molecular weight excluding hydrogens is 188 g/mol. The van der Waals surface area contributed by atoms with Crippen LogP contribution in [0.25, 0.3) is 0 Å². The van der Waals surface area contributed by atoms with Gasteiger partial charge < -0.3 is 9.30 Å². The van der Waals surface area contributed by atoms with Crippen LogP contribution in [0.3, 0.4) is 0 Å². The maximum absolute atomic E-state index is 8.99. The van der Waals surface area contributed by atoms with Gasteiger partial charge in [-0.05, 0) is 31.4 Å². The lowest BCUT2D eigenvalue weighted by Gasteiger charge is -2.14. The summed E-state index contributed by atoms with van der Waals surface area (Å²) in [7, 11) is 0. The Labute approximate surface area is 90.3 Å². The molecule has 2 rings (SSSR count). The highest BCUT2D eigenvalue weighted by molar-refractivity contribution is 5.27. The van der Waals surface area contributed by atoms with Gasteiger partial charge in [-0.2, -0.15) is 5.26 Å². The molecule has 2 heterocycles. The second-order valence-corrected chi connectivity index (χ2v) is 3.92. The van der Waals surface area contributed by atoms with E-state index in [0.29, 0.717) is 6.10 Å². The third-order valence-electron chi connectivity index (χ3n) is 2.96. The first-order valence-electron chi connectivity index (χ1n) is 5.55. The van der Waals surface area contributed by atoms with Crippen LogP contribution in [0.5, 0.6) is 0 Å². The summed E-state index contributed by atoms with van der Waals surface area (Å²) in [5.41, 5.74) is 1.98. The molecule has 0 unspecified atom stereocenters. The van der Waals surface area contributed by atoms with E-state index >= 15 is 0 Å². The molecule has 15 heavy (non-hydrogen) atoms. The highest BCUT2D eigenvalue weighted by Crippen LogP contribution is 2.17. The molecule has 1 aliphatic rings. The van der Waals surface area contributed by atoms with E-state index in [9.17, 15) is 0 Å². The summed E-state index contributed by atoms with van der Waals surface area (Å²) < 4.78 is 7.69. The third kappa shape index (κ3) is 2.05. The van der Waals surface area contributed by atoms with Crippen molar-refractivity contribution in [2.75, 3.05) is 6.61 Å². The average Bonchev–Trinajstić information content (AvgIpc) is 2.87. The molecule has 1 aromatic heterocycles. The Morgan fingerprint density at radius 1 is 1.60 bits per heavy atom. The first-order valence-corrected chi connectivity index (χ1v) is 5.55. The van der Waals surface area contributed by atoms with E-state index in [1.54, 1.807) is 0 Å². The highest BCUT2D eigenvalue weighted by atomic mass is 16.5. The normalized spacial score (nSPS) is 20.4. The minimum Gasteiger partial charge on any atom is -0.376 e. The maximum atomic E-state index is 8.99. The number of nitrogens with zero attached hydrogens (tertiary/aromatic N) is 2. The van der Waals surface area contributed by atoms with Crippen LogP contribution in [-0.4, -0.2) is 17.3 Å². The van der Waals surface area contributed by atoms with E-state index in [-0.39, 0.29) is 0 Å². The fraction of sp³-hybridized carbons (Fsp3) is 0.583. The predicted octanol–water partition coefficient (Wildman–Crippen LogP) is 2.10. The van der Waals surface area contributed by atoms with Crippen LogP contribution in [0.1, 0.15) is 31.2 Å². The van der Waals surface area contributed by atoms with Crippen molar-refractivity contribution >= 4 is 0 Å². The summed E-state index contributed by atoms with van der Waals surface area (Å²) >= 11 is 0. The van der Waals surface area contributed by atoms with Gasteiger partial charge in [0.05, 0.1) is 6.10 Å². The van der Waals surface area contributed by atoms with Crippen molar-refractivity contribution in [2.45, 2.75) is 38.8 Å². The van der Waals surface area contributed by atoms with Crippen LogP contribution in [0.2, 0.25) is 0 Å². The van der Waals surface area contributed by atoms with E-state index in [2.05, 4.69) is 17.6 Å². The summed E-state index contributed by atoms with van der Waals surface area (Å²) in [4.78, 5) is 0. The van der Waals surface area contributed by atoms with Gasteiger partial charge in [0.15, 0.2) is 0 Å². The van der Waals surface area contributed by atoms with Crippen molar-refractivity contribution in [1.29, 1.82) is 5.26 Å². The largest absolute Gasteiger partial charge is 0.376 e. The Hall–Kier alpha value is -1.27. The molecule has 0 bridgehead atoms. The molecule has 3 nitrogen and oxygen atoms in total. The molecule has 3 heteroatoms. The number of ether oxygens (including phenoxy) is 1. The van der Waals surface area contributed by atoms with Gasteiger partial charge in [-0.25, -0.2) is 0 Å². The Morgan fingerprint density at radius 2 is 2.47 bits per heavy atom. The van der Waals surface area contributed by atoms with Crippen LogP contribution in [0.4, 0.5) is 0 Å².